The van der Waals surface area contributed by atoms with E-state index < -0.39 is 11.7 Å². The van der Waals surface area contributed by atoms with Crippen molar-refractivity contribution in [1.82, 2.24) is 0 Å². The molecule has 0 unspecified atom stereocenters. The zero-order valence-corrected chi connectivity index (χ0v) is 11.2. The Morgan fingerprint density at radius 1 is 1.25 bits per heavy atom. The maximum absolute atomic E-state index is 12.5. The van der Waals surface area contributed by atoms with Gasteiger partial charge in [-0.15, -0.1) is 0 Å². The Labute approximate surface area is 116 Å². The molecule has 1 fully saturated rings. The van der Waals surface area contributed by atoms with Gasteiger partial charge in [0, 0.05) is 6.54 Å². The molecule has 2 rings (SSSR count). The standard InChI is InChI=1S/C14H19F3N2O/c15-14(16,17)10-5-6-13(12(18)9-10)19-7-8-20-11-3-1-2-4-11/h5-6,9,11,19H,1-4,7-8,18H2. The molecule has 0 aromatic heterocycles. The second kappa shape index (κ2) is 6.35. The van der Waals surface area contributed by atoms with Crippen LogP contribution in [-0.2, 0) is 10.9 Å². The Balaban J connectivity index is 1.80. The second-order valence-electron chi connectivity index (χ2n) is 5.00. The molecule has 0 bridgehead atoms. The molecule has 0 atom stereocenters. The third-order valence-electron chi connectivity index (χ3n) is 3.45. The molecule has 112 valence electrons. The predicted molar refractivity (Wildman–Crippen MR) is 72.6 cm³/mol. The summed E-state index contributed by atoms with van der Waals surface area (Å²) in [7, 11) is 0. The Kier molecular flexibility index (Phi) is 4.75. The molecular formula is C14H19F3N2O. The van der Waals surface area contributed by atoms with Crippen LogP contribution in [0.25, 0.3) is 0 Å². The number of nitrogens with one attached hydrogen (secondary N) is 1. The van der Waals surface area contributed by atoms with Crippen molar-refractivity contribution in [3.05, 3.63) is 23.8 Å². The van der Waals surface area contributed by atoms with Gasteiger partial charge >= 0.3 is 6.18 Å². The van der Waals surface area contributed by atoms with Gasteiger partial charge in [0.05, 0.1) is 29.6 Å². The Morgan fingerprint density at radius 2 is 1.95 bits per heavy atom. The number of rotatable bonds is 5. The SMILES string of the molecule is Nc1cc(C(F)(F)F)ccc1NCCOC1CCCC1. The summed E-state index contributed by atoms with van der Waals surface area (Å²) in [6, 6.07) is 3.32. The highest BCUT2D eigenvalue weighted by atomic mass is 19.4. The quantitative estimate of drug-likeness (QED) is 0.642. The molecule has 1 aliphatic carbocycles. The minimum Gasteiger partial charge on any atom is -0.397 e. The first-order valence-corrected chi connectivity index (χ1v) is 6.79. The van der Waals surface area contributed by atoms with E-state index in [0.29, 0.717) is 24.9 Å². The van der Waals surface area contributed by atoms with Gasteiger partial charge in [0.25, 0.3) is 0 Å². The largest absolute Gasteiger partial charge is 0.416 e. The van der Waals surface area contributed by atoms with E-state index in [1.54, 1.807) is 0 Å². The van der Waals surface area contributed by atoms with E-state index in [1.807, 2.05) is 0 Å². The molecule has 0 heterocycles. The molecule has 6 heteroatoms. The lowest BCUT2D eigenvalue weighted by Crippen LogP contribution is -2.16. The number of alkyl halides is 3. The topological polar surface area (TPSA) is 47.3 Å². The van der Waals surface area contributed by atoms with Gasteiger partial charge in [-0.1, -0.05) is 12.8 Å². The molecule has 1 aromatic rings. The van der Waals surface area contributed by atoms with E-state index in [4.69, 9.17) is 10.5 Å². The van der Waals surface area contributed by atoms with Crippen molar-refractivity contribution in [3.8, 4) is 0 Å². The highest BCUT2D eigenvalue weighted by Crippen LogP contribution is 2.32. The van der Waals surface area contributed by atoms with Gasteiger partial charge < -0.3 is 15.8 Å². The highest BCUT2D eigenvalue weighted by molar-refractivity contribution is 5.67. The number of hydrogen-bond acceptors (Lipinski definition) is 3. The summed E-state index contributed by atoms with van der Waals surface area (Å²) in [5.41, 5.74) is 5.49. The molecule has 20 heavy (non-hydrogen) atoms. The second-order valence-corrected chi connectivity index (χ2v) is 5.00. The zero-order chi connectivity index (χ0) is 14.6. The number of nitrogen functional groups attached to an aromatic ring is 1. The van der Waals surface area contributed by atoms with Gasteiger partial charge in [-0.3, -0.25) is 0 Å². The van der Waals surface area contributed by atoms with Crippen molar-refractivity contribution in [3.63, 3.8) is 0 Å². The van der Waals surface area contributed by atoms with Crippen LogP contribution in [0.4, 0.5) is 24.5 Å². The average Bonchev–Trinajstić information content (AvgIpc) is 2.88. The molecule has 0 amide bonds. The van der Waals surface area contributed by atoms with Gasteiger partial charge in [0.15, 0.2) is 0 Å². The monoisotopic (exact) mass is 288 g/mol. The lowest BCUT2D eigenvalue weighted by Gasteiger charge is -2.14. The minimum absolute atomic E-state index is 0.0979. The van der Waals surface area contributed by atoms with Crippen molar-refractivity contribution < 1.29 is 17.9 Å². The van der Waals surface area contributed by atoms with E-state index >= 15 is 0 Å². The number of halogens is 3. The molecule has 1 saturated carbocycles. The minimum atomic E-state index is -4.36. The van der Waals surface area contributed by atoms with E-state index in [1.165, 1.54) is 18.9 Å². The molecule has 1 aromatic carbocycles. The van der Waals surface area contributed by atoms with Crippen molar-refractivity contribution in [2.75, 3.05) is 24.2 Å². The number of hydrogen-bond donors (Lipinski definition) is 2. The van der Waals surface area contributed by atoms with Crippen molar-refractivity contribution >= 4 is 11.4 Å². The normalized spacial score (nSPS) is 16.6. The van der Waals surface area contributed by atoms with Crippen LogP contribution in [0.1, 0.15) is 31.2 Å². The highest BCUT2D eigenvalue weighted by Gasteiger charge is 2.30. The summed E-state index contributed by atoms with van der Waals surface area (Å²) < 4.78 is 43.1. The number of nitrogens with two attached hydrogens (primary N) is 1. The first kappa shape index (κ1) is 15.0. The van der Waals surface area contributed by atoms with E-state index in [0.717, 1.165) is 25.0 Å². The maximum atomic E-state index is 12.5. The van der Waals surface area contributed by atoms with Crippen LogP contribution in [0.15, 0.2) is 18.2 Å². The third kappa shape index (κ3) is 4.03. The summed E-state index contributed by atoms with van der Waals surface area (Å²) in [5, 5.41) is 3.00. The molecule has 0 saturated heterocycles. The summed E-state index contributed by atoms with van der Waals surface area (Å²) in [6.45, 7) is 1.07. The van der Waals surface area contributed by atoms with Crippen molar-refractivity contribution in [1.29, 1.82) is 0 Å². The molecular weight excluding hydrogens is 269 g/mol. The van der Waals surface area contributed by atoms with Crippen molar-refractivity contribution in [2.45, 2.75) is 38.0 Å². The maximum Gasteiger partial charge on any atom is 0.416 e. The fourth-order valence-electron chi connectivity index (χ4n) is 2.37. The van der Waals surface area contributed by atoms with Crippen molar-refractivity contribution in [2.24, 2.45) is 0 Å². The average molecular weight is 288 g/mol. The summed E-state index contributed by atoms with van der Waals surface area (Å²) in [6.07, 6.45) is 0.596. The summed E-state index contributed by atoms with van der Waals surface area (Å²) in [5.74, 6) is 0. The van der Waals surface area contributed by atoms with Crippen LogP contribution in [0.2, 0.25) is 0 Å². The van der Waals surface area contributed by atoms with Gasteiger partial charge in [-0.05, 0) is 31.0 Å². The zero-order valence-electron chi connectivity index (χ0n) is 11.2. The molecule has 3 N–H and O–H groups in total. The summed E-state index contributed by atoms with van der Waals surface area (Å²) in [4.78, 5) is 0. The number of anilines is 2. The molecule has 0 spiro atoms. The first-order chi connectivity index (χ1) is 9.47. The molecule has 0 aliphatic heterocycles. The van der Waals surface area contributed by atoms with Crippen LogP contribution in [0.3, 0.4) is 0 Å². The van der Waals surface area contributed by atoms with Crippen LogP contribution in [0.5, 0.6) is 0 Å². The van der Waals surface area contributed by atoms with Gasteiger partial charge in [0.1, 0.15) is 0 Å². The Hall–Kier alpha value is -1.43. The molecule has 3 nitrogen and oxygen atoms in total. The Morgan fingerprint density at radius 3 is 2.55 bits per heavy atom. The van der Waals surface area contributed by atoms with E-state index in [9.17, 15) is 13.2 Å². The van der Waals surface area contributed by atoms with Crippen LogP contribution < -0.4 is 11.1 Å². The van der Waals surface area contributed by atoms with Crippen LogP contribution in [0, 0.1) is 0 Å². The van der Waals surface area contributed by atoms with Gasteiger partial charge in [-0.25, -0.2) is 0 Å². The van der Waals surface area contributed by atoms with E-state index in [2.05, 4.69) is 5.32 Å². The molecule has 1 aliphatic rings. The lowest BCUT2D eigenvalue weighted by molar-refractivity contribution is -0.137. The fourth-order valence-corrected chi connectivity index (χ4v) is 2.37. The fraction of sp³-hybridized carbons (Fsp3) is 0.571. The van der Waals surface area contributed by atoms with Gasteiger partial charge in [-0.2, -0.15) is 13.2 Å². The lowest BCUT2D eigenvalue weighted by atomic mass is 10.1. The van der Waals surface area contributed by atoms with Crippen LogP contribution >= 0.6 is 0 Å². The predicted octanol–water partition coefficient (Wildman–Crippen LogP) is 3.66. The van der Waals surface area contributed by atoms with Crippen LogP contribution in [-0.4, -0.2) is 19.3 Å². The molecule has 0 radical (unpaired) electrons. The summed E-state index contributed by atoms with van der Waals surface area (Å²) >= 11 is 0. The number of benzene rings is 1. The third-order valence-corrected chi connectivity index (χ3v) is 3.45. The first-order valence-electron chi connectivity index (χ1n) is 6.79. The van der Waals surface area contributed by atoms with Gasteiger partial charge in [0.2, 0.25) is 0 Å². The smallest absolute Gasteiger partial charge is 0.397 e. The number of ether oxygens (including phenoxy) is 1. The van der Waals surface area contributed by atoms with E-state index in [-0.39, 0.29) is 5.69 Å². The Bertz CT molecular complexity index is 443.